The summed E-state index contributed by atoms with van der Waals surface area (Å²) in [5.41, 5.74) is 1.79. The van der Waals surface area contributed by atoms with Gasteiger partial charge in [-0.05, 0) is 49.1 Å². The second-order valence-electron chi connectivity index (χ2n) is 8.09. The van der Waals surface area contributed by atoms with Crippen molar-refractivity contribution in [3.05, 3.63) is 48.3 Å². The smallest absolute Gasteiger partial charge is 0.245 e. The predicted octanol–water partition coefficient (Wildman–Crippen LogP) is 1.70. The number of carbonyl (C=O) groups excluding carboxylic acids is 2. The quantitative estimate of drug-likeness (QED) is 0.542. The van der Waals surface area contributed by atoms with Crippen LogP contribution in [0.5, 0.6) is 0 Å². The lowest BCUT2D eigenvalue weighted by atomic mass is 9.98. The first-order chi connectivity index (χ1) is 16.4. The highest BCUT2D eigenvalue weighted by molar-refractivity contribution is 7.89. The fourth-order valence-electron chi connectivity index (χ4n) is 3.94. The number of benzene rings is 1. The molecular weight excluding hydrogens is 476 g/mol. The van der Waals surface area contributed by atoms with Gasteiger partial charge in [0.05, 0.1) is 11.7 Å². The number of amides is 2. The summed E-state index contributed by atoms with van der Waals surface area (Å²) in [6.45, 7) is 1.01. The molecular formula is C22H26N6O4S2. The van der Waals surface area contributed by atoms with Crippen molar-refractivity contribution in [2.75, 3.05) is 19.6 Å². The molecule has 1 atom stereocenters. The maximum absolute atomic E-state index is 13.5. The molecule has 1 fully saturated rings. The first-order valence-corrected chi connectivity index (χ1v) is 13.3. The van der Waals surface area contributed by atoms with Gasteiger partial charge in [-0.3, -0.25) is 14.6 Å². The summed E-state index contributed by atoms with van der Waals surface area (Å²) >= 11 is 0.958. The molecule has 10 nitrogen and oxygen atoms in total. The lowest BCUT2D eigenvalue weighted by Crippen LogP contribution is -2.36. The molecule has 0 radical (unpaired) electrons. The van der Waals surface area contributed by atoms with Crippen molar-refractivity contribution in [1.82, 2.24) is 28.7 Å². The lowest BCUT2D eigenvalue weighted by molar-refractivity contribution is -0.126. The van der Waals surface area contributed by atoms with Crippen LogP contribution < -0.4 is 10.6 Å². The van der Waals surface area contributed by atoms with Crippen LogP contribution in [0, 0.1) is 5.92 Å². The van der Waals surface area contributed by atoms with Crippen LogP contribution in [0.2, 0.25) is 0 Å². The third-order valence-corrected chi connectivity index (χ3v) is 8.29. The Kier molecular flexibility index (Phi) is 7.80. The van der Waals surface area contributed by atoms with Crippen LogP contribution >= 0.6 is 11.7 Å². The summed E-state index contributed by atoms with van der Waals surface area (Å²) in [4.78, 5) is 29.2. The minimum atomic E-state index is -3.89. The Hall–Kier alpha value is -2.96. The van der Waals surface area contributed by atoms with Crippen molar-refractivity contribution in [3.8, 4) is 0 Å². The Bertz CT molecular complexity index is 1250. The minimum Gasteiger partial charge on any atom is -0.356 e. The van der Waals surface area contributed by atoms with Gasteiger partial charge in [0.15, 0.2) is 0 Å². The molecule has 3 aromatic rings. The van der Waals surface area contributed by atoms with E-state index >= 15 is 0 Å². The van der Waals surface area contributed by atoms with E-state index in [1.165, 1.54) is 10.4 Å². The number of sulfonamides is 1. The fraction of sp³-hybridized carbons (Fsp3) is 0.409. The Morgan fingerprint density at radius 1 is 1.15 bits per heavy atom. The molecule has 1 aliphatic rings. The van der Waals surface area contributed by atoms with Crippen molar-refractivity contribution in [2.45, 2.75) is 37.1 Å². The Labute approximate surface area is 202 Å². The van der Waals surface area contributed by atoms with Crippen molar-refractivity contribution in [1.29, 1.82) is 0 Å². The van der Waals surface area contributed by atoms with Gasteiger partial charge in [-0.1, -0.05) is 6.07 Å². The number of nitrogens with zero attached hydrogens (tertiary/aromatic N) is 4. The van der Waals surface area contributed by atoms with Gasteiger partial charge in [0, 0.05) is 50.9 Å². The molecule has 1 unspecified atom stereocenters. The average molecular weight is 503 g/mol. The molecule has 180 valence electrons. The van der Waals surface area contributed by atoms with E-state index in [4.69, 9.17) is 0 Å². The molecule has 2 aromatic heterocycles. The van der Waals surface area contributed by atoms with Gasteiger partial charge < -0.3 is 10.6 Å². The van der Waals surface area contributed by atoms with Gasteiger partial charge in [-0.2, -0.15) is 13.1 Å². The summed E-state index contributed by atoms with van der Waals surface area (Å²) in [5.74, 6) is -0.694. The van der Waals surface area contributed by atoms with Crippen molar-refractivity contribution >= 4 is 44.6 Å². The lowest BCUT2D eigenvalue weighted by Gasteiger charge is -2.22. The number of aromatic nitrogens is 3. The molecule has 0 spiro atoms. The van der Waals surface area contributed by atoms with Crippen LogP contribution in [0.15, 0.2) is 47.6 Å². The molecule has 4 rings (SSSR count). The van der Waals surface area contributed by atoms with E-state index in [0.29, 0.717) is 43.4 Å². The van der Waals surface area contributed by atoms with Gasteiger partial charge in [-0.15, -0.1) is 0 Å². The molecule has 12 heteroatoms. The molecule has 1 aliphatic heterocycles. The van der Waals surface area contributed by atoms with Crippen molar-refractivity contribution in [2.24, 2.45) is 5.92 Å². The SMILES string of the molecule is O=C1CCN(S(=O)(=O)c2cccc3nsnc23)CCCC(C(=O)NCc2ccncc2)CCN1. The molecule has 0 aliphatic carbocycles. The van der Waals surface area contributed by atoms with E-state index in [1.807, 2.05) is 12.1 Å². The number of carbonyl (C=O) groups is 2. The number of rotatable bonds is 5. The zero-order chi connectivity index (χ0) is 24.0. The Morgan fingerprint density at radius 3 is 2.79 bits per heavy atom. The van der Waals surface area contributed by atoms with Crippen LogP contribution in [0.3, 0.4) is 0 Å². The van der Waals surface area contributed by atoms with E-state index in [1.54, 1.807) is 24.5 Å². The molecule has 3 heterocycles. The van der Waals surface area contributed by atoms with Gasteiger partial charge in [0.2, 0.25) is 21.8 Å². The standard InChI is InChI=1S/C22H26N6O4S2/c29-20-9-14-28(34(31,32)19-5-1-4-18-21(19)27-33-26-18)13-2-3-17(8-12-24-20)22(30)25-15-16-6-10-23-11-7-16/h1,4-7,10-11,17H,2-3,8-9,12-15H2,(H,24,29)(H,25,30). The first kappa shape index (κ1) is 24.2. The molecule has 0 bridgehead atoms. The third kappa shape index (κ3) is 5.75. The summed E-state index contributed by atoms with van der Waals surface area (Å²) in [6.07, 6.45) is 4.87. The summed E-state index contributed by atoms with van der Waals surface area (Å²) in [7, 11) is -3.89. The highest BCUT2D eigenvalue weighted by Crippen LogP contribution is 2.25. The largest absolute Gasteiger partial charge is 0.356 e. The molecule has 0 saturated carbocycles. The van der Waals surface area contributed by atoms with Gasteiger partial charge in [0.25, 0.3) is 0 Å². The van der Waals surface area contributed by atoms with Crippen LogP contribution in [0.1, 0.15) is 31.2 Å². The van der Waals surface area contributed by atoms with Crippen molar-refractivity contribution in [3.63, 3.8) is 0 Å². The minimum absolute atomic E-state index is 0.0451. The van der Waals surface area contributed by atoms with E-state index in [2.05, 4.69) is 24.4 Å². The Morgan fingerprint density at radius 2 is 1.97 bits per heavy atom. The summed E-state index contributed by atoms with van der Waals surface area (Å²) < 4.78 is 36.6. The highest BCUT2D eigenvalue weighted by Gasteiger charge is 2.29. The highest BCUT2D eigenvalue weighted by atomic mass is 32.2. The molecule has 2 amide bonds. The maximum atomic E-state index is 13.5. The number of hydrogen-bond acceptors (Lipinski definition) is 8. The van der Waals surface area contributed by atoms with Crippen LogP contribution in [-0.4, -0.2) is 57.9 Å². The second-order valence-corrected chi connectivity index (χ2v) is 10.5. The van der Waals surface area contributed by atoms with E-state index < -0.39 is 10.0 Å². The normalized spacial score (nSPS) is 18.7. The number of hydrogen-bond donors (Lipinski definition) is 2. The number of pyridine rings is 1. The maximum Gasteiger partial charge on any atom is 0.245 e. The molecule has 34 heavy (non-hydrogen) atoms. The van der Waals surface area contributed by atoms with Gasteiger partial charge in [-0.25, -0.2) is 8.42 Å². The van der Waals surface area contributed by atoms with Crippen LogP contribution in [-0.2, 0) is 26.2 Å². The number of nitrogens with one attached hydrogen (secondary N) is 2. The summed E-state index contributed by atoms with van der Waals surface area (Å²) in [6, 6.07) is 8.53. The average Bonchev–Trinajstić information content (AvgIpc) is 3.31. The Balaban J connectivity index is 1.47. The zero-order valence-electron chi connectivity index (χ0n) is 18.5. The van der Waals surface area contributed by atoms with E-state index in [9.17, 15) is 18.0 Å². The van der Waals surface area contributed by atoms with Gasteiger partial charge in [0.1, 0.15) is 15.9 Å². The monoisotopic (exact) mass is 502 g/mol. The fourth-order valence-corrected chi connectivity index (χ4v) is 6.17. The molecule has 1 aromatic carbocycles. The van der Waals surface area contributed by atoms with E-state index in [-0.39, 0.29) is 42.1 Å². The predicted molar refractivity (Wildman–Crippen MR) is 127 cm³/mol. The summed E-state index contributed by atoms with van der Waals surface area (Å²) in [5, 5.41) is 5.75. The second kappa shape index (κ2) is 11.0. The molecule has 1 saturated heterocycles. The molecule has 2 N–H and O–H groups in total. The van der Waals surface area contributed by atoms with Crippen molar-refractivity contribution < 1.29 is 18.0 Å². The first-order valence-electron chi connectivity index (χ1n) is 11.1. The zero-order valence-corrected chi connectivity index (χ0v) is 20.1. The van der Waals surface area contributed by atoms with Crippen LogP contribution in [0.25, 0.3) is 11.0 Å². The number of fused-ring (bicyclic) bond motifs is 1. The topological polar surface area (TPSA) is 134 Å². The third-order valence-electron chi connectivity index (χ3n) is 5.82. The van der Waals surface area contributed by atoms with Gasteiger partial charge >= 0.3 is 0 Å². The van der Waals surface area contributed by atoms with E-state index in [0.717, 1.165) is 17.3 Å². The van der Waals surface area contributed by atoms with Crippen LogP contribution in [0.4, 0.5) is 0 Å².